The number of phosphoric acid groups is 1. The summed E-state index contributed by atoms with van der Waals surface area (Å²) in [4.78, 5) is 22.3. The Bertz CT molecular complexity index is 1070. The molecule has 3 N–H and O–H groups in total. The summed E-state index contributed by atoms with van der Waals surface area (Å²) < 4.78 is 33.2. The molecule has 2 unspecified atom stereocenters. The molecule has 0 aliphatic heterocycles. The van der Waals surface area contributed by atoms with Crippen molar-refractivity contribution in [2.24, 2.45) is 5.73 Å². The molecule has 2 atom stereocenters. The van der Waals surface area contributed by atoms with E-state index in [2.05, 4.69) is 98.9 Å². The second-order valence-electron chi connectivity index (χ2n) is 11.7. The van der Waals surface area contributed by atoms with E-state index >= 15 is 0 Å². The molecule has 0 rings (SSSR count). The Labute approximate surface area is 304 Å². The van der Waals surface area contributed by atoms with E-state index in [0.29, 0.717) is 13.0 Å². The van der Waals surface area contributed by atoms with Crippen molar-refractivity contribution in [3.05, 3.63) is 97.2 Å². The molecule has 0 heterocycles. The molecule has 0 radical (unpaired) electrons. The Morgan fingerprint density at radius 1 is 0.600 bits per heavy atom. The summed E-state index contributed by atoms with van der Waals surface area (Å²) in [5.74, 6) is -0.423. The van der Waals surface area contributed by atoms with Crippen molar-refractivity contribution in [1.82, 2.24) is 0 Å². The Kier molecular flexibility index (Phi) is 35.7. The smallest absolute Gasteiger partial charge is 0.457 e. The number of unbranched alkanes of at least 4 members (excludes halogenated alkanes) is 5. The lowest BCUT2D eigenvalue weighted by Gasteiger charge is -2.19. The molecule has 0 spiro atoms. The number of phosphoric ester groups is 1. The fourth-order valence-corrected chi connectivity index (χ4v) is 5.12. The van der Waals surface area contributed by atoms with Crippen molar-refractivity contribution < 1.29 is 32.8 Å². The molecule has 9 heteroatoms. The van der Waals surface area contributed by atoms with Crippen LogP contribution < -0.4 is 5.73 Å². The minimum Gasteiger partial charge on any atom is -0.457 e. The molecule has 0 aromatic carbocycles. The van der Waals surface area contributed by atoms with Gasteiger partial charge in [0.15, 0.2) is 0 Å². The summed E-state index contributed by atoms with van der Waals surface area (Å²) >= 11 is 0. The highest BCUT2D eigenvalue weighted by atomic mass is 31.2. The van der Waals surface area contributed by atoms with Gasteiger partial charge in [-0.05, 0) is 77.0 Å². The lowest BCUT2D eigenvalue weighted by Crippen LogP contribution is -2.28. The van der Waals surface area contributed by atoms with Gasteiger partial charge in [0.05, 0.1) is 19.8 Å². The number of rotatable bonds is 34. The quantitative estimate of drug-likeness (QED) is 0.0292. The summed E-state index contributed by atoms with van der Waals surface area (Å²) in [6.45, 7) is 4.50. The Balaban J connectivity index is 4.25. The number of esters is 1. The van der Waals surface area contributed by atoms with Crippen LogP contribution >= 0.6 is 7.82 Å². The van der Waals surface area contributed by atoms with Crippen LogP contribution in [0.15, 0.2) is 97.2 Å². The van der Waals surface area contributed by atoms with E-state index in [-0.39, 0.29) is 32.8 Å². The van der Waals surface area contributed by atoms with E-state index in [9.17, 15) is 14.3 Å². The van der Waals surface area contributed by atoms with Crippen LogP contribution in [-0.4, -0.2) is 49.9 Å². The third-order valence-corrected chi connectivity index (χ3v) is 7.99. The summed E-state index contributed by atoms with van der Waals surface area (Å²) in [6.07, 6.45) is 48.7. The standard InChI is InChI=1S/C41H68NO7P/c1-3-5-7-9-11-13-15-17-18-19-20-21-23-25-27-29-31-33-36-46-38-40(39-48-50(44,45)47-37-35-42)49-41(43)34-32-30-28-26-24-22-16-14-12-10-8-6-4-2/h5-8,11-14,17-18,20-22,24,28,30,40H,3-4,9-10,15-16,19,23,25-27,29,31-39,42H2,1-2H3,(H,44,45)/b7-5-,8-6-,13-11-,14-12-,18-17-,21-20-,24-22-,30-28-. The van der Waals surface area contributed by atoms with Crippen LogP contribution in [-0.2, 0) is 27.9 Å². The van der Waals surface area contributed by atoms with Gasteiger partial charge >= 0.3 is 13.8 Å². The van der Waals surface area contributed by atoms with Crippen LogP contribution in [0.2, 0.25) is 0 Å². The fraction of sp³-hybridized carbons (Fsp3) is 0.585. The van der Waals surface area contributed by atoms with Crippen molar-refractivity contribution in [3.63, 3.8) is 0 Å². The van der Waals surface area contributed by atoms with Crippen LogP contribution in [0.3, 0.4) is 0 Å². The molecule has 0 amide bonds. The van der Waals surface area contributed by atoms with E-state index in [0.717, 1.165) is 77.0 Å². The first-order valence-corrected chi connectivity index (χ1v) is 20.2. The maximum Gasteiger partial charge on any atom is 0.472 e. The number of carbonyl (C=O) groups excluding carboxylic acids is 1. The van der Waals surface area contributed by atoms with Gasteiger partial charge in [-0.15, -0.1) is 0 Å². The van der Waals surface area contributed by atoms with Crippen molar-refractivity contribution in [1.29, 1.82) is 0 Å². The summed E-state index contributed by atoms with van der Waals surface area (Å²) in [5.41, 5.74) is 5.34. The van der Waals surface area contributed by atoms with Gasteiger partial charge in [-0.1, -0.05) is 130 Å². The predicted molar refractivity (Wildman–Crippen MR) is 210 cm³/mol. The second-order valence-corrected chi connectivity index (χ2v) is 13.1. The van der Waals surface area contributed by atoms with Gasteiger partial charge < -0.3 is 20.1 Å². The first-order valence-electron chi connectivity index (χ1n) is 18.7. The first kappa shape index (κ1) is 47.4. The Morgan fingerprint density at radius 3 is 1.58 bits per heavy atom. The van der Waals surface area contributed by atoms with E-state index in [4.69, 9.17) is 24.3 Å². The van der Waals surface area contributed by atoms with Crippen molar-refractivity contribution in [2.75, 3.05) is 33.0 Å². The zero-order valence-corrected chi connectivity index (χ0v) is 32.0. The van der Waals surface area contributed by atoms with E-state index in [1.165, 1.54) is 12.8 Å². The maximum atomic E-state index is 12.5. The third-order valence-electron chi connectivity index (χ3n) is 7.01. The fourth-order valence-electron chi connectivity index (χ4n) is 4.35. The molecule has 0 bridgehead atoms. The van der Waals surface area contributed by atoms with Crippen LogP contribution in [0.25, 0.3) is 0 Å². The van der Waals surface area contributed by atoms with Gasteiger partial charge in [-0.2, -0.15) is 0 Å². The van der Waals surface area contributed by atoms with Gasteiger partial charge in [0.2, 0.25) is 0 Å². The minimum atomic E-state index is -4.30. The molecule has 50 heavy (non-hydrogen) atoms. The van der Waals surface area contributed by atoms with Gasteiger partial charge in [0.1, 0.15) is 6.10 Å². The van der Waals surface area contributed by atoms with E-state index in [1.807, 2.05) is 12.2 Å². The molecule has 284 valence electrons. The lowest BCUT2D eigenvalue weighted by atomic mass is 10.1. The zero-order valence-electron chi connectivity index (χ0n) is 31.1. The Morgan fingerprint density at radius 2 is 1.06 bits per heavy atom. The molecule has 0 saturated heterocycles. The molecule has 0 aliphatic rings. The van der Waals surface area contributed by atoms with E-state index < -0.39 is 19.9 Å². The highest BCUT2D eigenvalue weighted by Crippen LogP contribution is 2.43. The number of carbonyl (C=O) groups is 1. The van der Waals surface area contributed by atoms with Crippen LogP contribution in [0.4, 0.5) is 0 Å². The van der Waals surface area contributed by atoms with Gasteiger partial charge in [0.25, 0.3) is 0 Å². The lowest BCUT2D eigenvalue weighted by molar-refractivity contribution is -0.154. The average molecular weight is 718 g/mol. The molecular weight excluding hydrogens is 649 g/mol. The largest absolute Gasteiger partial charge is 0.472 e. The molecule has 0 aliphatic carbocycles. The van der Waals surface area contributed by atoms with Crippen LogP contribution in [0.1, 0.15) is 117 Å². The summed E-state index contributed by atoms with van der Waals surface area (Å²) in [5, 5.41) is 0. The normalized spacial score (nSPS) is 14.7. The molecule has 0 fully saturated rings. The minimum absolute atomic E-state index is 0.0679. The number of allylic oxidation sites excluding steroid dienone is 16. The Hall–Kier alpha value is -2.58. The maximum absolute atomic E-state index is 12.5. The summed E-state index contributed by atoms with van der Waals surface area (Å²) in [7, 11) is -4.30. The number of hydrogen-bond acceptors (Lipinski definition) is 7. The third kappa shape index (κ3) is 36.7. The number of nitrogens with two attached hydrogens (primary N) is 1. The average Bonchev–Trinajstić information content (AvgIpc) is 3.10. The van der Waals surface area contributed by atoms with Gasteiger partial charge in [-0.3, -0.25) is 13.8 Å². The van der Waals surface area contributed by atoms with Crippen LogP contribution in [0.5, 0.6) is 0 Å². The topological polar surface area (TPSA) is 117 Å². The molecule has 8 nitrogen and oxygen atoms in total. The van der Waals surface area contributed by atoms with Crippen molar-refractivity contribution in [3.8, 4) is 0 Å². The number of ether oxygens (including phenoxy) is 2. The second kappa shape index (κ2) is 37.7. The van der Waals surface area contributed by atoms with Gasteiger partial charge in [-0.25, -0.2) is 4.57 Å². The monoisotopic (exact) mass is 717 g/mol. The molecule has 0 aromatic rings. The molecule has 0 saturated carbocycles. The van der Waals surface area contributed by atoms with Crippen molar-refractivity contribution in [2.45, 2.75) is 123 Å². The van der Waals surface area contributed by atoms with Crippen LogP contribution in [0, 0.1) is 0 Å². The number of hydrogen-bond donors (Lipinski definition) is 2. The highest BCUT2D eigenvalue weighted by molar-refractivity contribution is 7.47. The molecular formula is C41H68NO7P. The summed E-state index contributed by atoms with van der Waals surface area (Å²) in [6, 6.07) is 0. The van der Waals surface area contributed by atoms with Crippen molar-refractivity contribution >= 4 is 13.8 Å². The SMILES string of the molecule is CC/C=C\C/C=C\C/C=C\C/C=C\CCCCCCCOCC(COP(=O)(O)OCCN)OC(=O)CC/C=C\C/C=C\C/C=C\C/C=C\CC. The highest BCUT2D eigenvalue weighted by Gasteiger charge is 2.25. The van der Waals surface area contributed by atoms with Gasteiger partial charge in [0, 0.05) is 19.6 Å². The predicted octanol–water partition coefficient (Wildman–Crippen LogP) is 10.7. The first-order chi connectivity index (χ1) is 24.4. The van der Waals surface area contributed by atoms with E-state index in [1.54, 1.807) is 0 Å². The molecule has 0 aromatic heterocycles. The zero-order chi connectivity index (χ0) is 36.6.